The topological polar surface area (TPSA) is 372 Å². The molecule has 0 aliphatic heterocycles. The minimum atomic E-state index is -1.72. The van der Waals surface area contributed by atoms with Crippen LogP contribution in [-0.4, -0.2) is 144 Å². The number of carbonyl (C=O) groups excluding carboxylic acids is 5. The molecule has 0 saturated heterocycles. The Morgan fingerprint density at radius 1 is 0.755 bits per heavy atom. The molecule has 0 aromatic heterocycles. The molecule has 0 radical (unpaired) electrons. The highest BCUT2D eigenvalue weighted by atomic mass is 33.1. The SMILES string of the molecule is C=C(C)C(=O)O.CC(C)(C)OC(=O)N(C(=O)CC[C@H](N)C(=O)O)[C@@H](CSSC[C@H](NC(=O)CC[C@H](N)C(=O)O)C(=O)NCC(=O)O)C(=O)NCC(=O)O. The van der Waals surface area contributed by atoms with Gasteiger partial charge in [-0.2, -0.15) is 0 Å². The zero-order chi connectivity index (χ0) is 41.6. The van der Waals surface area contributed by atoms with Crippen LogP contribution in [0, 0.1) is 0 Å². The highest BCUT2D eigenvalue weighted by molar-refractivity contribution is 8.76. The molecule has 300 valence electrons. The van der Waals surface area contributed by atoms with E-state index < -0.39 is 127 Å². The Bertz CT molecular complexity index is 1360. The average Bonchev–Trinajstić information content (AvgIpc) is 3.03. The Labute approximate surface area is 311 Å². The normalized spacial score (nSPS) is 12.9. The van der Waals surface area contributed by atoms with Crippen LogP contribution in [0.4, 0.5) is 4.79 Å². The molecule has 4 atom stereocenters. The highest BCUT2D eigenvalue weighted by Gasteiger charge is 2.38. The van der Waals surface area contributed by atoms with Crippen molar-refractivity contribution in [3.05, 3.63) is 12.2 Å². The largest absolute Gasteiger partial charge is 0.480 e. The number of amides is 5. The molecule has 0 spiro atoms. The number of rotatable bonds is 22. The minimum absolute atomic E-state index is 0.176. The van der Waals surface area contributed by atoms with Gasteiger partial charge in [0.2, 0.25) is 23.6 Å². The lowest BCUT2D eigenvalue weighted by molar-refractivity contribution is -0.142. The maximum Gasteiger partial charge on any atom is 0.417 e. The summed E-state index contributed by atoms with van der Waals surface area (Å²) in [5.74, 6) is -11.1. The summed E-state index contributed by atoms with van der Waals surface area (Å²) in [6, 6.07) is -5.94. The van der Waals surface area contributed by atoms with Gasteiger partial charge in [0.25, 0.3) is 0 Å². The third-order valence-corrected chi connectivity index (χ3v) is 8.25. The highest BCUT2D eigenvalue weighted by Crippen LogP contribution is 2.26. The van der Waals surface area contributed by atoms with Crippen LogP contribution in [0.3, 0.4) is 0 Å². The molecule has 0 rings (SSSR count). The van der Waals surface area contributed by atoms with E-state index in [1.165, 1.54) is 27.7 Å². The van der Waals surface area contributed by atoms with E-state index in [2.05, 4.69) is 22.5 Å². The molecule has 0 aromatic carbocycles. The Morgan fingerprint density at radius 2 is 1.19 bits per heavy atom. The fraction of sp³-hybridized carbons (Fsp3) is 0.586. The lowest BCUT2D eigenvalue weighted by Crippen LogP contribution is -2.55. The fourth-order valence-electron chi connectivity index (χ4n) is 3.16. The van der Waals surface area contributed by atoms with Crippen LogP contribution in [0.5, 0.6) is 0 Å². The van der Waals surface area contributed by atoms with Gasteiger partial charge in [-0.15, -0.1) is 0 Å². The molecule has 0 fully saturated rings. The summed E-state index contributed by atoms with van der Waals surface area (Å²) in [7, 11) is 1.63. The van der Waals surface area contributed by atoms with Crippen molar-refractivity contribution >= 4 is 81.2 Å². The maximum atomic E-state index is 13.2. The number of nitrogens with two attached hydrogens (primary N) is 2. The van der Waals surface area contributed by atoms with E-state index in [0.29, 0.717) is 4.90 Å². The van der Waals surface area contributed by atoms with Crippen molar-refractivity contribution in [1.82, 2.24) is 20.9 Å². The van der Waals surface area contributed by atoms with Gasteiger partial charge in [-0.3, -0.25) is 38.4 Å². The molecule has 53 heavy (non-hydrogen) atoms. The van der Waals surface area contributed by atoms with Gasteiger partial charge < -0.3 is 57.7 Å². The van der Waals surface area contributed by atoms with Crippen molar-refractivity contribution in [3.63, 3.8) is 0 Å². The van der Waals surface area contributed by atoms with Crippen LogP contribution in [0.1, 0.15) is 53.4 Å². The smallest absolute Gasteiger partial charge is 0.417 e. The Hall–Kier alpha value is -4.94. The van der Waals surface area contributed by atoms with Crippen molar-refractivity contribution in [2.75, 3.05) is 24.6 Å². The van der Waals surface area contributed by atoms with Crippen molar-refractivity contribution < 1.29 is 78.2 Å². The zero-order valence-electron chi connectivity index (χ0n) is 29.3. The fourth-order valence-corrected chi connectivity index (χ4v) is 5.52. The van der Waals surface area contributed by atoms with E-state index >= 15 is 0 Å². The van der Waals surface area contributed by atoms with Crippen LogP contribution < -0.4 is 27.4 Å². The van der Waals surface area contributed by atoms with Crippen molar-refractivity contribution in [2.45, 2.75) is 83.1 Å². The number of hydrogen-bond acceptors (Lipinski definition) is 15. The van der Waals surface area contributed by atoms with E-state index in [-0.39, 0.29) is 17.7 Å². The maximum absolute atomic E-state index is 13.2. The van der Waals surface area contributed by atoms with Crippen LogP contribution in [0.15, 0.2) is 12.2 Å². The van der Waals surface area contributed by atoms with Gasteiger partial charge in [-0.1, -0.05) is 28.2 Å². The Kier molecular flexibility index (Phi) is 23.8. The van der Waals surface area contributed by atoms with E-state index in [1.54, 1.807) is 0 Å². The van der Waals surface area contributed by atoms with Gasteiger partial charge >= 0.3 is 35.9 Å². The summed E-state index contributed by atoms with van der Waals surface area (Å²) in [4.78, 5) is 118. The molecule has 24 heteroatoms. The van der Waals surface area contributed by atoms with Gasteiger partial charge in [-0.25, -0.2) is 14.5 Å². The van der Waals surface area contributed by atoms with Gasteiger partial charge in [0.15, 0.2) is 0 Å². The summed E-state index contributed by atoms with van der Waals surface area (Å²) in [6.07, 6.45) is -3.01. The Balaban J connectivity index is 0. The number of ether oxygens (including phenoxy) is 1. The van der Waals surface area contributed by atoms with Crippen molar-refractivity contribution in [1.29, 1.82) is 0 Å². The second-order valence-electron chi connectivity index (χ2n) is 11.7. The molecule has 0 aromatic rings. The van der Waals surface area contributed by atoms with Crippen molar-refractivity contribution in [2.24, 2.45) is 11.5 Å². The predicted molar refractivity (Wildman–Crippen MR) is 187 cm³/mol. The first-order valence-electron chi connectivity index (χ1n) is 15.2. The van der Waals surface area contributed by atoms with Crippen LogP contribution in [0.25, 0.3) is 0 Å². The third-order valence-electron chi connectivity index (χ3n) is 5.85. The van der Waals surface area contributed by atoms with E-state index in [9.17, 15) is 47.9 Å². The van der Waals surface area contributed by atoms with Crippen LogP contribution in [-0.2, 0) is 47.9 Å². The molecule has 0 saturated carbocycles. The second kappa shape index (κ2) is 25.1. The second-order valence-corrected chi connectivity index (χ2v) is 14.3. The average molecular weight is 799 g/mol. The van der Waals surface area contributed by atoms with Gasteiger partial charge in [0.05, 0.1) is 0 Å². The first-order valence-corrected chi connectivity index (χ1v) is 17.7. The number of carboxylic acid groups (broad SMARTS) is 5. The lowest BCUT2D eigenvalue weighted by Gasteiger charge is -2.31. The molecular weight excluding hydrogens is 752 g/mol. The molecule has 0 unspecified atom stereocenters. The molecule has 0 bridgehead atoms. The molecular formula is C29H46N6O16S2. The van der Waals surface area contributed by atoms with Gasteiger partial charge in [0.1, 0.15) is 42.9 Å². The number of carbonyl (C=O) groups is 10. The predicted octanol–water partition coefficient (Wildman–Crippen LogP) is -1.58. The van der Waals surface area contributed by atoms with Crippen LogP contribution >= 0.6 is 21.6 Å². The van der Waals surface area contributed by atoms with Gasteiger partial charge in [0, 0.05) is 29.9 Å². The van der Waals surface area contributed by atoms with Gasteiger partial charge in [-0.05, 0) is 40.5 Å². The number of imide groups is 1. The summed E-state index contributed by atoms with van der Waals surface area (Å²) in [5.41, 5.74) is 9.86. The molecule has 0 heterocycles. The molecule has 5 amide bonds. The quantitative estimate of drug-likeness (QED) is 0.0335. The standard InChI is InChI=1S/C25H40N6O14S2.C4H6O2/c1-25(2,3)45-24(44)31(17(33)7-5-13(27)23(42)43)15(21(39)29-9-19(36)37)11-47-46-10-14(20(38)28-8-18(34)35)30-16(32)6-4-12(26)22(40)41;1-3(2)4(5)6/h12-15H,4-11,26-27H2,1-3H3,(H,28,38)(H,29,39)(H,30,32)(H,34,35)(H,36,37)(H,40,41)(H,42,43);1H2,2H3,(H,5,6)/t12-,13-,14-,15-;/m0./s1. The zero-order valence-corrected chi connectivity index (χ0v) is 31.0. The number of aliphatic carboxylic acids is 5. The molecule has 12 N–H and O–H groups in total. The minimum Gasteiger partial charge on any atom is -0.480 e. The number of hydrogen-bond donors (Lipinski definition) is 10. The van der Waals surface area contributed by atoms with Crippen molar-refractivity contribution in [3.8, 4) is 0 Å². The summed E-state index contributed by atoms with van der Waals surface area (Å²) >= 11 is 0. The molecule has 22 nitrogen and oxygen atoms in total. The lowest BCUT2D eigenvalue weighted by atomic mass is 10.1. The summed E-state index contributed by atoms with van der Waals surface area (Å²) < 4.78 is 5.26. The molecule has 0 aliphatic carbocycles. The van der Waals surface area contributed by atoms with Crippen LogP contribution in [0.2, 0.25) is 0 Å². The van der Waals surface area contributed by atoms with E-state index in [1.807, 2.05) is 0 Å². The summed E-state index contributed by atoms with van der Waals surface area (Å²) in [6.45, 7) is 7.32. The number of carboxylic acids is 5. The monoisotopic (exact) mass is 798 g/mol. The van der Waals surface area contributed by atoms with E-state index in [0.717, 1.165) is 21.6 Å². The number of nitrogens with zero attached hydrogens (tertiary/aromatic N) is 1. The first-order chi connectivity index (χ1) is 24.3. The molecule has 0 aliphatic rings. The van der Waals surface area contributed by atoms with E-state index in [4.69, 9.17) is 41.7 Å². The first kappa shape index (κ1) is 50.2. The summed E-state index contributed by atoms with van der Waals surface area (Å²) in [5, 5.41) is 50.2. The number of nitrogens with one attached hydrogen (secondary N) is 3. The third kappa shape index (κ3) is 24.0. The Morgan fingerprint density at radius 3 is 1.60 bits per heavy atom.